The van der Waals surface area contributed by atoms with Gasteiger partial charge in [-0.2, -0.15) is 0 Å². The molecule has 1 unspecified atom stereocenters. The van der Waals surface area contributed by atoms with Gasteiger partial charge in [-0.3, -0.25) is 18.5 Å². The predicted octanol–water partition coefficient (Wildman–Crippen LogP) is -0.426. The third kappa shape index (κ3) is 2.48. The van der Waals surface area contributed by atoms with Crippen molar-refractivity contribution in [3.05, 3.63) is 12.7 Å². The van der Waals surface area contributed by atoms with Crippen LogP contribution in [0.15, 0.2) is 12.7 Å². The van der Waals surface area contributed by atoms with E-state index in [4.69, 9.17) is 18.6 Å². The molecule has 130 valence electrons. The Kier molecular flexibility index (Phi) is 3.77. The Morgan fingerprint density at radius 2 is 2.29 bits per heavy atom. The molecule has 12 nitrogen and oxygen atoms in total. The molecule has 24 heavy (non-hydrogen) atoms. The van der Waals surface area contributed by atoms with Crippen LogP contribution < -0.4 is 5.48 Å². The van der Waals surface area contributed by atoms with Gasteiger partial charge in [0.2, 0.25) is 0 Å². The van der Waals surface area contributed by atoms with Gasteiger partial charge in [0.25, 0.3) is 0 Å². The van der Waals surface area contributed by atoms with Crippen LogP contribution in [0.3, 0.4) is 0 Å². The molecule has 2 aliphatic rings. The van der Waals surface area contributed by atoms with Gasteiger partial charge in [0.05, 0.1) is 20.0 Å². The molecule has 0 radical (unpaired) electrons. The van der Waals surface area contributed by atoms with Crippen molar-refractivity contribution in [1.29, 1.82) is 0 Å². The fourth-order valence-corrected chi connectivity index (χ4v) is 3.74. The van der Waals surface area contributed by atoms with Crippen molar-refractivity contribution in [3.63, 3.8) is 0 Å². The van der Waals surface area contributed by atoms with Crippen molar-refractivity contribution in [1.82, 2.24) is 19.5 Å². The molecule has 13 heteroatoms. The molecular weight excluding hydrogens is 345 g/mol. The zero-order chi connectivity index (χ0) is 16.9. The summed E-state index contributed by atoms with van der Waals surface area (Å²) in [4.78, 5) is 26.6. The Bertz CT molecular complexity index is 815. The lowest BCUT2D eigenvalue weighted by atomic mass is 10.1. The maximum Gasteiger partial charge on any atom is 0.472 e. The topological polar surface area (TPSA) is 150 Å². The lowest BCUT2D eigenvalue weighted by molar-refractivity contribution is -0.0664. The van der Waals surface area contributed by atoms with Crippen LogP contribution in [0.2, 0.25) is 0 Å². The number of nitrogens with zero attached hydrogens (tertiary/aromatic N) is 4. The number of nitrogens with one attached hydrogen (secondary N) is 1. The van der Waals surface area contributed by atoms with E-state index >= 15 is 0 Å². The van der Waals surface area contributed by atoms with Gasteiger partial charge in [-0.05, 0) is 0 Å². The normalized spacial score (nSPS) is 36.0. The number of aromatic nitrogens is 4. The van der Waals surface area contributed by atoms with Crippen molar-refractivity contribution >= 4 is 24.8 Å². The predicted molar refractivity (Wildman–Crippen MR) is 76.5 cm³/mol. The second-order valence-electron chi connectivity index (χ2n) is 5.24. The van der Waals surface area contributed by atoms with Crippen LogP contribution in [0.1, 0.15) is 6.23 Å². The highest BCUT2D eigenvalue weighted by Gasteiger charge is 2.52. The number of hydrogen-bond donors (Lipinski definition) is 3. The van der Waals surface area contributed by atoms with E-state index in [1.165, 1.54) is 24.3 Å². The molecule has 2 aromatic rings. The molecule has 4 rings (SSSR count). The molecule has 3 N–H and O–H groups in total. The van der Waals surface area contributed by atoms with Crippen LogP contribution in [0.5, 0.6) is 0 Å². The minimum absolute atomic E-state index is 0.163. The molecule has 4 heterocycles. The van der Waals surface area contributed by atoms with Crippen LogP contribution in [0.25, 0.3) is 11.2 Å². The van der Waals surface area contributed by atoms with E-state index in [0.717, 1.165) is 0 Å². The van der Waals surface area contributed by atoms with Gasteiger partial charge in [-0.1, -0.05) is 0 Å². The number of phosphoric acid groups is 1. The second-order valence-corrected chi connectivity index (χ2v) is 6.65. The van der Waals surface area contributed by atoms with Gasteiger partial charge in [-0.15, -0.1) is 0 Å². The number of phosphoric ester groups is 1. The minimum Gasteiger partial charge on any atom is -0.386 e. The van der Waals surface area contributed by atoms with E-state index in [2.05, 4.69) is 20.4 Å². The highest BCUT2D eigenvalue weighted by molar-refractivity contribution is 7.47. The maximum absolute atomic E-state index is 11.5. The van der Waals surface area contributed by atoms with E-state index in [1.54, 1.807) is 0 Å². The molecule has 2 aromatic heterocycles. The monoisotopic (exact) mass is 359 g/mol. The van der Waals surface area contributed by atoms with Gasteiger partial charge < -0.3 is 14.7 Å². The molecule has 0 bridgehead atoms. The van der Waals surface area contributed by atoms with E-state index in [-0.39, 0.29) is 6.61 Å². The molecule has 0 saturated carbocycles. The Labute approximate surface area is 134 Å². The number of fused-ring (bicyclic) bond motifs is 2. The lowest BCUT2D eigenvalue weighted by Crippen LogP contribution is -2.39. The zero-order valence-electron chi connectivity index (χ0n) is 12.3. The zero-order valence-corrected chi connectivity index (χ0v) is 13.2. The van der Waals surface area contributed by atoms with Gasteiger partial charge >= 0.3 is 7.82 Å². The number of ether oxygens (including phenoxy) is 1. The Balaban J connectivity index is 1.69. The highest BCUT2D eigenvalue weighted by atomic mass is 31.2. The molecule has 0 spiro atoms. The van der Waals surface area contributed by atoms with E-state index in [9.17, 15) is 14.6 Å². The summed E-state index contributed by atoms with van der Waals surface area (Å²) in [5.41, 5.74) is 3.38. The number of imidazole rings is 1. The summed E-state index contributed by atoms with van der Waals surface area (Å²) in [6.45, 7) is -0.163. The van der Waals surface area contributed by atoms with Crippen LogP contribution in [0.4, 0.5) is 5.82 Å². The van der Waals surface area contributed by atoms with Crippen molar-refractivity contribution in [3.8, 4) is 0 Å². The maximum atomic E-state index is 11.5. The summed E-state index contributed by atoms with van der Waals surface area (Å²) >= 11 is 0. The molecule has 2 aliphatic heterocycles. The van der Waals surface area contributed by atoms with Gasteiger partial charge in [0.15, 0.2) is 23.2 Å². The third-order valence-corrected chi connectivity index (χ3v) is 4.78. The first-order valence-electron chi connectivity index (χ1n) is 6.96. The Morgan fingerprint density at radius 3 is 3.08 bits per heavy atom. The van der Waals surface area contributed by atoms with Crippen molar-refractivity contribution in [2.45, 2.75) is 24.5 Å². The molecule has 0 aliphatic carbocycles. The number of aliphatic hydroxyl groups is 1. The van der Waals surface area contributed by atoms with Gasteiger partial charge in [0.1, 0.15) is 24.6 Å². The van der Waals surface area contributed by atoms with Crippen LogP contribution >= 0.6 is 7.82 Å². The quantitative estimate of drug-likeness (QED) is 0.484. The van der Waals surface area contributed by atoms with Crippen molar-refractivity contribution in [2.75, 3.05) is 19.2 Å². The standard InChI is InChI=1S/C11H14N5O7P/c1-20-15-9-6-10(13-3-12-9)16(4-14-6)11-7(17)8-5(22-11)2-21-24(18,19)23-8/h3-5,7-8,11,17H,2H2,1H3,(H,18,19)(H,12,13,15)/t5-,7-,8-,11-/m1/s1. The smallest absolute Gasteiger partial charge is 0.386 e. The summed E-state index contributed by atoms with van der Waals surface area (Å²) in [7, 11) is -2.74. The Hall–Kier alpha value is -1.66. The molecule has 5 atom stereocenters. The Morgan fingerprint density at radius 1 is 1.46 bits per heavy atom. The van der Waals surface area contributed by atoms with E-state index in [1.807, 2.05) is 0 Å². The molecule has 0 aromatic carbocycles. The first-order valence-corrected chi connectivity index (χ1v) is 8.45. The molecular formula is C11H14N5O7P. The minimum atomic E-state index is -4.18. The van der Waals surface area contributed by atoms with Gasteiger partial charge in [-0.25, -0.2) is 25.0 Å². The van der Waals surface area contributed by atoms with E-state index < -0.39 is 32.4 Å². The summed E-state index contributed by atoms with van der Waals surface area (Å²) in [6, 6.07) is 0. The fraction of sp³-hybridized carbons (Fsp3) is 0.545. The lowest BCUT2D eigenvalue weighted by Gasteiger charge is -2.27. The van der Waals surface area contributed by atoms with Gasteiger partial charge in [0, 0.05) is 0 Å². The summed E-state index contributed by atoms with van der Waals surface area (Å²) in [5, 5.41) is 10.5. The summed E-state index contributed by atoms with van der Waals surface area (Å²) < 4.78 is 28.4. The number of rotatable bonds is 3. The largest absolute Gasteiger partial charge is 0.472 e. The number of aliphatic hydroxyl groups excluding tert-OH is 1. The SMILES string of the molecule is CONc1ncnc2c1ncn2[C@@H]1O[C@@H]2COP(=O)(O)O[C@H]2[C@H]1O. The highest BCUT2D eigenvalue weighted by Crippen LogP contribution is 2.52. The molecule has 2 fully saturated rings. The first-order chi connectivity index (χ1) is 11.5. The van der Waals surface area contributed by atoms with Crippen LogP contribution in [-0.4, -0.2) is 61.5 Å². The first kappa shape index (κ1) is 15.8. The van der Waals surface area contributed by atoms with Crippen molar-refractivity contribution < 1.29 is 33.2 Å². The number of anilines is 1. The average Bonchev–Trinajstić information content (AvgIpc) is 3.10. The second kappa shape index (κ2) is 5.70. The molecule has 0 amide bonds. The van der Waals surface area contributed by atoms with Crippen molar-refractivity contribution in [2.24, 2.45) is 0 Å². The summed E-state index contributed by atoms with van der Waals surface area (Å²) in [6.07, 6.45) is -1.06. The summed E-state index contributed by atoms with van der Waals surface area (Å²) in [5.74, 6) is 0.352. The third-order valence-electron chi connectivity index (χ3n) is 3.80. The van der Waals surface area contributed by atoms with Crippen LogP contribution in [-0.2, 0) is 23.2 Å². The van der Waals surface area contributed by atoms with E-state index in [0.29, 0.717) is 17.0 Å². The number of hydrogen-bond acceptors (Lipinski definition) is 10. The molecule has 2 saturated heterocycles. The fourth-order valence-electron chi connectivity index (χ4n) is 2.78. The average molecular weight is 359 g/mol. The van der Waals surface area contributed by atoms with Crippen LogP contribution in [0, 0.1) is 0 Å².